The molecule has 0 saturated carbocycles. The van der Waals surface area contributed by atoms with E-state index in [1.165, 1.54) is 37.3 Å². The number of hydrogen-bond donors (Lipinski definition) is 1. The van der Waals surface area contributed by atoms with Gasteiger partial charge in [0.2, 0.25) is 0 Å². The Labute approximate surface area is 102 Å². The Morgan fingerprint density at radius 1 is 1.56 bits per heavy atom. The molecule has 0 radical (unpaired) electrons. The van der Waals surface area contributed by atoms with Crippen molar-refractivity contribution < 1.29 is 0 Å². The Balaban J connectivity index is 1.59. The van der Waals surface area contributed by atoms with Gasteiger partial charge in [0, 0.05) is 43.7 Å². The van der Waals surface area contributed by atoms with Crippen molar-refractivity contribution in [3.63, 3.8) is 0 Å². The molecule has 1 aliphatic heterocycles. The van der Waals surface area contributed by atoms with E-state index in [9.17, 15) is 0 Å². The standard InChI is InChI=1S/C12H21N3S/c1-15-11(6-8-14-15)5-7-13-10-12-4-2-3-9-16-12/h6,8,12-13H,2-5,7,9-10H2,1H3. The molecule has 0 aromatic carbocycles. The van der Waals surface area contributed by atoms with Crippen LogP contribution in [0, 0.1) is 0 Å². The van der Waals surface area contributed by atoms with E-state index in [1.54, 1.807) is 0 Å². The molecule has 0 aliphatic carbocycles. The van der Waals surface area contributed by atoms with Crippen LogP contribution in [0.25, 0.3) is 0 Å². The van der Waals surface area contributed by atoms with E-state index < -0.39 is 0 Å². The normalized spacial score (nSPS) is 21.2. The highest BCUT2D eigenvalue weighted by Crippen LogP contribution is 2.24. The molecule has 1 unspecified atom stereocenters. The molecule has 4 heteroatoms. The first-order valence-electron chi connectivity index (χ1n) is 6.15. The van der Waals surface area contributed by atoms with Crippen LogP contribution in [0.15, 0.2) is 12.3 Å². The lowest BCUT2D eigenvalue weighted by atomic mass is 10.2. The van der Waals surface area contributed by atoms with Crippen molar-refractivity contribution in [3.05, 3.63) is 18.0 Å². The molecule has 1 aromatic heterocycles. The summed E-state index contributed by atoms with van der Waals surface area (Å²) in [5.41, 5.74) is 1.31. The third-order valence-corrected chi connectivity index (χ3v) is 4.52. The molecule has 1 fully saturated rings. The summed E-state index contributed by atoms with van der Waals surface area (Å²) in [5, 5.41) is 8.58. The van der Waals surface area contributed by atoms with Crippen LogP contribution in [0.3, 0.4) is 0 Å². The molecule has 1 N–H and O–H groups in total. The van der Waals surface area contributed by atoms with Crippen LogP contribution in [0.5, 0.6) is 0 Å². The summed E-state index contributed by atoms with van der Waals surface area (Å²) in [5.74, 6) is 1.36. The molecule has 3 nitrogen and oxygen atoms in total. The van der Waals surface area contributed by atoms with Gasteiger partial charge in [-0.15, -0.1) is 0 Å². The Bertz CT molecular complexity index is 305. The summed E-state index contributed by atoms with van der Waals surface area (Å²) >= 11 is 2.13. The number of nitrogens with zero attached hydrogens (tertiary/aromatic N) is 2. The van der Waals surface area contributed by atoms with Crippen LogP contribution in [-0.4, -0.2) is 33.9 Å². The van der Waals surface area contributed by atoms with Gasteiger partial charge < -0.3 is 5.32 Å². The first-order chi connectivity index (χ1) is 7.86. The van der Waals surface area contributed by atoms with Crippen molar-refractivity contribution in [2.75, 3.05) is 18.8 Å². The maximum absolute atomic E-state index is 4.17. The van der Waals surface area contributed by atoms with Gasteiger partial charge >= 0.3 is 0 Å². The van der Waals surface area contributed by atoms with Crippen LogP contribution in [0.1, 0.15) is 25.0 Å². The molecule has 1 atom stereocenters. The van der Waals surface area contributed by atoms with E-state index in [-0.39, 0.29) is 0 Å². The molecule has 2 heterocycles. The van der Waals surface area contributed by atoms with Gasteiger partial charge in [-0.05, 0) is 24.7 Å². The van der Waals surface area contributed by atoms with Gasteiger partial charge in [0.15, 0.2) is 0 Å². The monoisotopic (exact) mass is 239 g/mol. The van der Waals surface area contributed by atoms with E-state index in [4.69, 9.17) is 0 Å². The largest absolute Gasteiger partial charge is 0.315 e. The van der Waals surface area contributed by atoms with E-state index >= 15 is 0 Å². The summed E-state index contributed by atoms with van der Waals surface area (Å²) < 4.78 is 1.96. The SMILES string of the molecule is Cn1nccc1CCNCC1CCCCS1. The van der Waals surface area contributed by atoms with Crippen LogP contribution in [-0.2, 0) is 13.5 Å². The molecule has 16 heavy (non-hydrogen) atoms. The van der Waals surface area contributed by atoms with Crippen LogP contribution >= 0.6 is 11.8 Å². The van der Waals surface area contributed by atoms with E-state index in [0.717, 1.165) is 18.2 Å². The molecule has 0 spiro atoms. The lowest BCUT2D eigenvalue weighted by Crippen LogP contribution is -2.28. The second-order valence-corrected chi connectivity index (χ2v) is 5.80. The zero-order valence-corrected chi connectivity index (χ0v) is 10.8. The van der Waals surface area contributed by atoms with Gasteiger partial charge in [-0.3, -0.25) is 4.68 Å². The van der Waals surface area contributed by atoms with Gasteiger partial charge in [-0.25, -0.2) is 0 Å². The maximum Gasteiger partial charge on any atom is 0.0492 e. The van der Waals surface area contributed by atoms with E-state index in [2.05, 4.69) is 28.2 Å². The second kappa shape index (κ2) is 6.30. The van der Waals surface area contributed by atoms with Crippen LogP contribution in [0.2, 0.25) is 0 Å². The summed E-state index contributed by atoms with van der Waals surface area (Å²) in [7, 11) is 2.01. The number of thioether (sulfide) groups is 1. The van der Waals surface area contributed by atoms with Gasteiger partial charge in [0.1, 0.15) is 0 Å². The van der Waals surface area contributed by atoms with Gasteiger partial charge in [-0.1, -0.05) is 6.42 Å². The first-order valence-corrected chi connectivity index (χ1v) is 7.20. The average molecular weight is 239 g/mol. The fourth-order valence-electron chi connectivity index (χ4n) is 2.09. The lowest BCUT2D eigenvalue weighted by Gasteiger charge is -2.21. The number of aryl methyl sites for hydroxylation is 1. The smallest absolute Gasteiger partial charge is 0.0492 e. The third kappa shape index (κ3) is 3.52. The van der Waals surface area contributed by atoms with Crippen molar-refractivity contribution in [1.82, 2.24) is 15.1 Å². The maximum atomic E-state index is 4.17. The predicted octanol–water partition coefficient (Wildman–Crippen LogP) is 1.84. The van der Waals surface area contributed by atoms with Crippen LogP contribution < -0.4 is 5.32 Å². The Hall–Kier alpha value is -0.480. The highest BCUT2D eigenvalue weighted by Gasteiger charge is 2.12. The minimum absolute atomic E-state index is 0.847. The van der Waals surface area contributed by atoms with Crippen molar-refractivity contribution in [2.45, 2.75) is 30.9 Å². The molecule has 90 valence electrons. The minimum atomic E-state index is 0.847. The Morgan fingerprint density at radius 3 is 3.19 bits per heavy atom. The van der Waals surface area contributed by atoms with Crippen molar-refractivity contribution in [2.24, 2.45) is 7.05 Å². The molecular formula is C12H21N3S. The number of hydrogen-bond acceptors (Lipinski definition) is 3. The summed E-state index contributed by atoms with van der Waals surface area (Å²) in [6.07, 6.45) is 7.17. The molecular weight excluding hydrogens is 218 g/mol. The summed E-state index contributed by atoms with van der Waals surface area (Å²) in [6.45, 7) is 2.24. The third-order valence-electron chi connectivity index (χ3n) is 3.13. The minimum Gasteiger partial charge on any atom is -0.315 e. The van der Waals surface area contributed by atoms with Crippen molar-refractivity contribution >= 4 is 11.8 Å². The van der Waals surface area contributed by atoms with Gasteiger partial charge in [0.05, 0.1) is 0 Å². The molecule has 1 saturated heterocycles. The zero-order chi connectivity index (χ0) is 11.2. The quantitative estimate of drug-likeness (QED) is 0.795. The predicted molar refractivity (Wildman–Crippen MR) is 69.9 cm³/mol. The van der Waals surface area contributed by atoms with Crippen molar-refractivity contribution in [1.29, 1.82) is 0 Å². The van der Waals surface area contributed by atoms with Crippen molar-refractivity contribution in [3.8, 4) is 0 Å². The number of aromatic nitrogens is 2. The summed E-state index contributed by atoms with van der Waals surface area (Å²) in [4.78, 5) is 0. The van der Waals surface area contributed by atoms with Gasteiger partial charge in [0.25, 0.3) is 0 Å². The molecule has 2 rings (SSSR count). The molecule has 1 aliphatic rings. The fraction of sp³-hybridized carbons (Fsp3) is 0.750. The Morgan fingerprint density at radius 2 is 2.50 bits per heavy atom. The molecule has 0 bridgehead atoms. The zero-order valence-electron chi connectivity index (χ0n) is 9.98. The number of rotatable bonds is 5. The first kappa shape index (κ1) is 12.0. The highest BCUT2D eigenvalue weighted by molar-refractivity contribution is 7.99. The molecule has 1 aromatic rings. The van der Waals surface area contributed by atoms with Crippen LogP contribution in [0.4, 0.5) is 0 Å². The topological polar surface area (TPSA) is 29.9 Å². The lowest BCUT2D eigenvalue weighted by molar-refractivity contribution is 0.588. The fourth-order valence-corrected chi connectivity index (χ4v) is 3.37. The molecule has 0 amide bonds. The average Bonchev–Trinajstić information content (AvgIpc) is 2.72. The van der Waals surface area contributed by atoms with E-state index in [1.807, 2.05) is 17.9 Å². The summed E-state index contributed by atoms with van der Waals surface area (Å²) in [6, 6.07) is 2.09. The Kier molecular flexibility index (Phi) is 4.72. The second-order valence-electron chi connectivity index (χ2n) is 4.39. The highest BCUT2D eigenvalue weighted by atomic mass is 32.2. The van der Waals surface area contributed by atoms with E-state index in [0.29, 0.717) is 0 Å². The van der Waals surface area contributed by atoms with Gasteiger partial charge in [-0.2, -0.15) is 16.9 Å². The number of nitrogens with one attached hydrogen (secondary N) is 1.